The molecule has 258 valence electrons. The van der Waals surface area contributed by atoms with E-state index in [0.29, 0.717) is 39.4 Å². The molecule has 9 unspecified atom stereocenters. The van der Waals surface area contributed by atoms with Crippen molar-refractivity contribution in [3.05, 3.63) is 190 Å². The van der Waals surface area contributed by atoms with Gasteiger partial charge in [-0.3, -0.25) is 0 Å². The van der Waals surface area contributed by atoms with Gasteiger partial charge < -0.3 is 10.2 Å². The summed E-state index contributed by atoms with van der Waals surface area (Å²) in [7, 11) is 0. The predicted molar refractivity (Wildman–Crippen MR) is 222 cm³/mol. The highest BCUT2D eigenvalue weighted by Gasteiger charge is 2.64. The summed E-state index contributed by atoms with van der Waals surface area (Å²) < 4.78 is 0. The molecule has 0 amide bonds. The van der Waals surface area contributed by atoms with E-state index in [-0.39, 0.29) is 11.5 Å². The van der Waals surface area contributed by atoms with Crippen LogP contribution in [0, 0.1) is 23.2 Å². The summed E-state index contributed by atoms with van der Waals surface area (Å²) in [4.78, 5) is 4.16. The molecule has 2 saturated heterocycles. The molecule has 2 nitrogen and oxygen atoms in total. The highest BCUT2D eigenvalue weighted by atomic mass is 32.2. The minimum Gasteiger partial charge on any atom is -0.381 e. The van der Waals surface area contributed by atoms with Crippen LogP contribution in [-0.2, 0) is 0 Å². The Balaban J connectivity index is 1.08. The van der Waals surface area contributed by atoms with Crippen molar-refractivity contribution in [1.82, 2.24) is 5.32 Å². The second-order valence-electron chi connectivity index (χ2n) is 15.6. The quantitative estimate of drug-likeness (QED) is 0.319. The molecule has 2 fully saturated rings. The van der Waals surface area contributed by atoms with Crippen LogP contribution in [0.1, 0.15) is 37.2 Å². The third-order valence-corrected chi connectivity index (χ3v) is 16.1. The lowest BCUT2D eigenvalue weighted by atomic mass is 9.48. The Morgan fingerprint density at radius 3 is 2.56 bits per heavy atom. The van der Waals surface area contributed by atoms with Gasteiger partial charge in [0.15, 0.2) is 0 Å². The zero-order chi connectivity index (χ0) is 34.2. The van der Waals surface area contributed by atoms with Crippen LogP contribution in [0.15, 0.2) is 185 Å². The standard InChI is InChI=1S/C48H44N2S2/c1-2-13-33(14-3-1)50-41-20-7-4-15-35(41)36-26-24-31(29-42(36)50)34-16-12-23-45-47(34)48(37-17-5-8-21-43(37)51-45)38-18-6-9-22-44(38)52-46-30-32(25-27-39(46)48)40-19-10-11-28-49-40/h1-4,6-7,10-21,23-27,29-30,36,38-39,42,44-47,49H,5,8-9,22,28H2. The second-order valence-corrected chi connectivity index (χ2v) is 18.2. The third-order valence-electron chi connectivity index (χ3n) is 13.1. The highest BCUT2D eigenvalue weighted by Crippen LogP contribution is 2.71. The summed E-state index contributed by atoms with van der Waals surface area (Å²) in [5.41, 5.74) is 11.2. The highest BCUT2D eigenvalue weighted by molar-refractivity contribution is 8.04. The van der Waals surface area contributed by atoms with Crippen molar-refractivity contribution >= 4 is 34.9 Å². The zero-order valence-electron chi connectivity index (χ0n) is 29.4. The fourth-order valence-corrected chi connectivity index (χ4v) is 14.6. The molecule has 1 spiro atoms. The molecular weight excluding hydrogens is 669 g/mol. The number of nitrogens with one attached hydrogen (secondary N) is 1. The lowest BCUT2D eigenvalue weighted by Crippen LogP contribution is -2.60. The second kappa shape index (κ2) is 12.5. The summed E-state index contributed by atoms with van der Waals surface area (Å²) in [5, 5.41) is 5.09. The molecule has 0 bridgehead atoms. The van der Waals surface area contributed by atoms with Crippen LogP contribution in [0.4, 0.5) is 11.4 Å². The van der Waals surface area contributed by atoms with E-state index in [1.165, 1.54) is 52.2 Å². The summed E-state index contributed by atoms with van der Waals surface area (Å²) in [6.07, 6.45) is 44.8. The molecule has 11 rings (SSSR count). The van der Waals surface area contributed by atoms with Gasteiger partial charge >= 0.3 is 0 Å². The van der Waals surface area contributed by atoms with E-state index in [1.807, 2.05) is 0 Å². The largest absolute Gasteiger partial charge is 0.381 e. The number of para-hydroxylation sites is 2. The normalized spacial score (nSPS) is 36.0. The molecule has 0 saturated carbocycles. The lowest BCUT2D eigenvalue weighted by Gasteiger charge is -2.64. The first-order valence-electron chi connectivity index (χ1n) is 19.4. The summed E-state index contributed by atoms with van der Waals surface area (Å²) in [6.45, 7) is 0.900. The fourth-order valence-electron chi connectivity index (χ4n) is 11.1. The topological polar surface area (TPSA) is 15.3 Å². The summed E-state index contributed by atoms with van der Waals surface area (Å²) in [6, 6.07) is 20.4. The van der Waals surface area contributed by atoms with Gasteiger partial charge in [0.05, 0.1) is 6.04 Å². The van der Waals surface area contributed by atoms with Crippen molar-refractivity contribution in [2.45, 2.75) is 53.4 Å². The molecule has 1 N–H and O–H groups in total. The van der Waals surface area contributed by atoms with Gasteiger partial charge in [-0.25, -0.2) is 0 Å². The molecule has 52 heavy (non-hydrogen) atoms. The van der Waals surface area contributed by atoms with Gasteiger partial charge in [0.25, 0.3) is 0 Å². The van der Waals surface area contributed by atoms with Gasteiger partial charge in [-0.2, -0.15) is 0 Å². The molecule has 4 heteroatoms. The summed E-state index contributed by atoms with van der Waals surface area (Å²) in [5.74, 6) is 1.59. The molecule has 2 aromatic rings. The van der Waals surface area contributed by atoms with Crippen LogP contribution >= 0.6 is 23.5 Å². The first-order chi connectivity index (χ1) is 25.8. The zero-order valence-corrected chi connectivity index (χ0v) is 31.0. The predicted octanol–water partition coefficient (Wildman–Crippen LogP) is 11.2. The van der Waals surface area contributed by atoms with E-state index in [0.717, 1.165) is 19.4 Å². The molecule has 9 aliphatic rings. The Kier molecular flexibility index (Phi) is 7.55. The van der Waals surface area contributed by atoms with Gasteiger partial charge in [0.2, 0.25) is 0 Å². The third kappa shape index (κ3) is 4.66. The van der Waals surface area contributed by atoms with E-state index in [1.54, 1.807) is 10.5 Å². The van der Waals surface area contributed by atoms with Gasteiger partial charge in [-0.15, -0.1) is 23.5 Å². The molecule has 9 atom stereocenters. The van der Waals surface area contributed by atoms with Crippen LogP contribution < -0.4 is 10.2 Å². The van der Waals surface area contributed by atoms with Crippen LogP contribution in [0.2, 0.25) is 0 Å². The number of dihydropyridines is 1. The maximum absolute atomic E-state index is 3.67. The van der Waals surface area contributed by atoms with Gasteiger partial charge in [0.1, 0.15) is 0 Å². The minimum atomic E-state index is -0.0354. The van der Waals surface area contributed by atoms with Crippen molar-refractivity contribution in [1.29, 1.82) is 0 Å². The lowest BCUT2D eigenvalue weighted by molar-refractivity contribution is 0.0986. The molecule has 4 heterocycles. The number of hydrogen-bond acceptors (Lipinski definition) is 4. The first-order valence-corrected chi connectivity index (χ1v) is 21.2. The van der Waals surface area contributed by atoms with E-state index < -0.39 is 0 Å². The van der Waals surface area contributed by atoms with Crippen LogP contribution in [0.25, 0.3) is 0 Å². The Morgan fingerprint density at radius 1 is 0.750 bits per heavy atom. The Bertz CT molecular complexity index is 2170. The maximum Gasteiger partial charge on any atom is 0.0635 e. The minimum absolute atomic E-state index is 0.0354. The number of hydrogen-bond donors (Lipinski definition) is 1. The van der Waals surface area contributed by atoms with E-state index >= 15 is 0 Å². The Hall–Kier alpha value is -4.12. The van der Waals surface area contributed by atoms with E-state index in [9.17, 15) is 0 Å². The van der Waals surface area contributed by atoms with Crippen molar-refractivity contribution < 1.29 is 0 Å². The molecule has 2 aromatic carbocycles. The molecule has 5 aliphatic carbocycles. The number of anilines is 2. The van der Waals surface area contributed by atoms with Gasteiger partial charge in [-0.05, 0) is 83.7 Å². The number of fused-ring (bicyclic) bond motifs is 11. The van der Waals surface area contributed by atoms with Crippen molar-refractivity contribution in [3.8, 4) is 0 Å². The SMILES string of the molecule is C1=CCNC(C2=CC3SC4CCC=CC4C4(C5=CCCC=C5SC5C=CC=C(C6=CC7C(C=C6)c6ccccc6N7c6ccccc6)C54)C3C=C2)=C1. The molecular formula is C48H44N2S2. The number of rotatable bonds is 3. The van der Waals surface area contributed by atoms with Crippen LogP contribution in [0.3, 0.4) is 0 Å². The molecule has 0 aromatic heterocycles. The molecule has 0 radical (unpaired) electrons. The van der Waals surface area contributed by atoms with E-state index in [4.69, 9.17) is 0 Å². The van der Waals surface area contributed by atoms with Gasteiger partial charge in [-0.1, -0.05) is 128 Å². The van der Waals surface area contributed by atoms with Crippen molar-refractivity contribution in [2.75, 3.05) is 11.4 Å². The Labute approximate surface area is 317 Å². The van der Waals surface area contributed by atoms with Crippen LogP contribution in [-0.4, -0.2) is 28.3 Å². The average molecular weight is 713 g/mol. The van der Waals surface area contributed by atoms with Crippen molar-refractivity contribution in [3.63, 3.8) is 0 Å². The summed E-state index contributed by atoms with van der Waals surface area (Å²) >= 11 is 4.43. The van der Waals surface area contributed by atoms with Crippen molar-refractivity contribution in [2.24, 2.45) is 23.2 Å². The average Bonchev–Trinajstić information content (AvgIpc) is 3.54. The number of nitrogens with zero attached hydrogens (tertiary/aromatic N) is 1. The Morgan fingerprint density at radius 2 is 1.63 bits per heavy atom. The molecule has 4 aliphatic heterocycles. The monoisotopic (exact) mass is 712 g/mol. The van der Waals surface area contributed by atoms with Gasteiger partial charge in [0, 0.05) is 67.4 Å². The maximum atomic E-state index is 3.67. The number of allylic oxidation sites excluding steroid dienone is 14. The fraction of sp³-hybridized carbons (Fsp3) is 0.292. The van der Waals surface area contributed by atoms with E-state index in [2.05, 4.69) is 186 Å². The first kappa shape index (κ1) is 31.4. The smallest absolute Gasteiger partial charge is 0.0635 e. The number of thioether (sulfide) groups is 2. The van der Waals surface area contributed by atoms with Crippen LogP contribution in [0.5, 0.6) is 0 Å². The number of benzene rings is 2.